The molecule has 61 heavy (non-hydrogen) atoms. The molecule has 0 aromatic carbocycles. The highest BCUT2D eigenvalue weighted by Crippen LogP contribution is 2.52. The highest BCUT2D eigenvalue weighted by atomic mass is 31.2. The summed E-state index contributed by atoms with van der Waals surface area (Å²) in [6, 6.07) is 2.34. The fourth-order valence-electron chi connectivity index (χ4n) is 6.37. The molecule has 3 saturated heterocycles. The summed E-state index contributed by atoms with van der Waals surface area (Å²) in [5, 5.41) is 32.1. The number of anilines is 2. The minimum Gasteiger partial charge on any atom is -0.387 e. The van der Waals surface area contributed by atoms with Gasteiger partial charge in [-0.3, -0.25) is 46.1 Å². The molecule has 3 aliphatic rings. The smallest absolute Gasteiger partial charge is 0.387 e. The lowest BCUT2D eigenvalue weighted by Crippen LogP contribution is -2.38. The zero-order chi connectivity index (χ0) is 44.8. The van der Waals surface area contributed by atoms with Crippen LogP contribution in [0.15, 0.2) is 49.9 Å². The van der Waals surface area contributed by atoms with Gasteiger partial charge in [-0.2, -0.15) is 9.97 Å². The Balaban J connectivity index is 1.17. The van der Waals surface area contributed by atoms with Gasteiger partial charge in [0.1, 0.15) is 66.7 Å². The van der Waals surface area contributed by atoms with E-state index in [4.69, 9.17) is 43.8 Å². The van der Waals surface area contributed by atoms with Crippen LogP contribution in [0.1, 0.15) is 30.7 Å². The second kappa shape index (κ2) is 18.1. The number of aromatic amines is 1. The predicted octanol–water partition coefficient (Wildman–Crippen LogP) is -4.20. The summed E-state index contributed by atoms with van der Waals surface area (Å²) in [5.74, 6) is -0.367. The molecule has 12 N–H and O–H groups in total. The molecule has 0 aliphatic carbocycles. The quantitative estimate of drug-likeness (QED) is 0.0609. The van der Waals surface area contributed by atoms with Crippen LogP contribution in [0.2, 0.25) is 0 Å². The van der Waals surface area contributed by atoms with Gasteiger partial charge in [0.2, 0.25) is 0 Å². The lowest BCUT2D eigenvalue weighted by molar-refractivity contribution is -0.0637. The fraction of sp³-hybridized carbons (Fsp3) is 0.571. The standard InChI is InChI=1S/C28H39N8O22P3/c1-11-7-36(28(43)33-23(11)40)18-6-12(57-60(47,48)53-9-14-19(37)20(38)24(55-14)34-4-2-16(29)31-26(34)41)13(54-18)8-52-61(49,50)58-22-15(10-51-59(44,45)46)56-25(21(22)39)35-5-3-17(30)32-27(35)42/h2-5,7,12-15,18-22,24-25,37-39H,6,8-10H2,1H3,(H,47,48)(H,49,50)(H2,29,31,41)(H2,30,32,42)(H,33,40,43)(H2,44,45,46)/t12-,13+,14+,15+,18+,19+,20+,21+,22+,24+,25+/m0/s1. The molecule has 6 rings (SSSR count). The summed E-state index contributed by atoms with van der Waals surface area (Å²) < 4.78 is 82.2. The molecule has 30 nitrogen and oxygen atoms in total. The monoisotopic (exact) mass is 932 g/mol. The molecular formula is C28H39N8O22P3. The minimum absolute atomic E-state index is 0.0300. The van der Waals surface area contributed by atoms with Crippen LogP contribution < -0.4 is 34.1 Å². The van der Waals surface area contributed by atoms with Gasteiger partial charge >= 0.3 is 40.5 Å². The van der Waals surface area contributed by atoms with E-state index in [9.17, 15) is 67.8 Å². The van der Waals surface area contributed by atoms with E-state index in [1.165, 1.54) is 13.0 Å². The summed E-state index contributed by atoms with van der Waals surface area (Å²) in [5.41, 5.74) is 7.24. The number of H-pyrrole nitrogens is 1. The number of aromatic nitrogens is 6. The first-order valence-electron chi connectivity index (χ1n) is 17.5. The average molecular weight is 933 g/mol. The average Bonchev–Trinajstić information content (AvgIpc) is 3.78. The van der Waals surface area contributed by atoms with Crippen molar-refractivity contribution in [2.24, 2.45) is 0 Å². The Kier molecular flexibility index (Phi) is 13.8. The topological polar surface area (TPSA) is 443 Å². The number of hydrogen-bond donors (Lipinski definition) is 10. The van der Waals surface area contributed by atoms with E-state index >= 15 is 0 Å². The van der Waals surface area contributed by atoms with Crippen molar-refractivity contribution < 1.29 is 85.4 Å². The molecule has 3 aliphatic heterocycles. The number of nitrogen functional groups attached to an aromatic ring is 2. The van der Waals surface area contributed by atoms with Gasteiger partial charge in [-0.05, 0) is 19.1 Å². The molecule has 6 heterocycles. The summed E-state index contributed by atoms with van der Waals surface area (Å²) in [7, 11) is -16.0. The third kappa shape index (κ3) is 11.0. The van der Waals surface area contributed by atoms with Crippen molar-refractivity contribution in [1.29, 1.82) is 0 Å². The number of aryl methyl sites for hydroxylation is 1. The molecule has 0 saturated carbocycles. The zero-order valence-corrected chi connectivity index (χ0v) is 33.7. The maximum Gasteiger partial charge on any atom is 0.472 e. The summed E-state index contributed by atoms with van der Waals surface area (Å²) in [4.78, 5) is 98.5. The van der Waals surface area contributed by atoms with Crippen LogP contribution >= 0.6 is 23.5 Å². The molecule has 338 valence electrons. The number of nitrogens with two attached hydrogens (primary N) is 2. The van der Waals surface area contributed by atoms with E-state index in [0.29, 0.717) is 4.57 Å². The van der Waals surface area contributed by atoms with Gasteiger partial charge in [-0.15, -0.1) is 0 Å². The second-order valence-corrected chi connectivity index (χ2v) is 17.6. The van der Waals surface area contributed by atoms with Gasteiger partial charge in [-0.25, -0.2) is 28.1 Å². The third-order valence-electron chi connectivity index (χ3n) is 9.27. The number of phosphoric acid groups is 3. The first kappa shape index (κ1) is 46.6. The molecular weight excluding hydrogens is 893 g/mol. The van der Waals surface area contributed by atoms with Crippen molar-refractivity contribution in [2.75, 3.05) is 31.3 Å². The van der Waals surface area contributed by atoms with Crippen LogP contribution in [0, 0.1) is 6.92 Å². The van der Waals surface area contributed by atoms with Crippen LogP contribution in [0.4, 0.5) is 11.6 Å². The van der Waals surface area contributed by atoms with E-state index in [1.807, 2.05) is 4.98 Å². The Morgan fingerprint density at radius 1 is 0.738 bits per heavy atom. The molecule has 3 aromatic heterocycles. The van der Waals surface area contributed by atoms with Crippen molar-refractivity contribution in [3.05, 3.63) is 78.1 Å². The lowest BCUT2D eigenvalue weighted by atomic mass is 10.1. The molecule has 0 amide bonds. The van der Waals surface area contributed by atoms with E-state index in [2.05, 4.69) is 14.5 Å². The Hall–Kier alpha value is -3.87. The van der Waals surface area contributed by atoms with E-state index in [0.717, 1.165) is 33.8 Å². The number of nitrogens with zero attached hydrogens (tertiary/aromatic N) is 5. The Bertz CT molecular complexity index is 2480. The van der Waals surface area contributed by atoms with Crippen molar-refractivity contribution in [3.8, 4) is 0 Å². The fourth-order valence-corrected chi connectivity index (χ4v) is 8.64. The minimum atomic E-state index is -5.47. The van der Waals surface area contributed by atoms with Gasteiger partial charge in [0.25, 0.3) is 5.56 Å². The first-order chi connectivity index (χ1) is 28.4. The van der Waals surface area contributed by atoms with Crippen LogP contribution in [-0.4, -0.2) is 132 Å². The van der Waals surface area contributed by atoms with Crippen molar-refractivity contribution in [1.82, 2.24) is 28.7 Å². The first-order valence-corrected chi connectivity index (χ1v) is 22.0. The largest absolute Gasteiger partial charge is 0.472 e. The summed E-state index contributed by atoms with van der Waals surface area (Å²) in [6.45, 7) is -1.72. The Labute approximate surface area is 339 Å². The van der Waals surface area contributed by atoms with E-state index < -0.39 is 140 Å². The number of nitrogens with one attached hydrogen (secondary N) is 1. The number of ether oxygens (including phenoxy) is 3. The zero-order valence-electron chi connectivity index (χ0n) is 31.1. The Morgan fingerprint density at radius 2 is 1.26 bits per heavy atom. The van der Waals surface area contributed by atoms with Crippen molar-refractivity contribution in [3.63, 3.8) is 0 Å². The maximum absolute atomic E-state index is 13.4. The molecule has 3 fully saturated rings. The molecule has 0 bridgehead atoms. The summed E-state index contributed by atoms with van der Waals surface area (Å²) in [6.07, 6.45) is -16.2. The van der Waals surface area contributed by atoms with Crippen molar-refractivity contribution >= 4 is 35.1 Å². The molecule has 0 spiro atoms. The molecule has 13 atom stereocenters. The van der Waals surface area contributed by atoms with Crippen LogP contribution in [0.3, 0.4) is 0 Å². The van der Waals surface area contributed by atoms with Crippen molar-refractivity contribution in [2.45, 2.75) is 80.9 Å². The van der Waals surface area contributed by atoms with Gasteiger partial charge in [-0.1, -0.05) is 0 Å². The molecule has 0 radical (unpaired) electrons. The number of aliphatic hydroxyl groups is 3. The van der Waals surface area contributed by atoms with Gasteiger partial charge < -0.3 is 60.6 Å². The summed E-state index contributed by atoms with van der Waals surface area (Å²) >= 11 is 0. The number of phosphoric ester groups is 3. The highest BCUT2D eigenvalue weighted by molar-refractivity contribution is 7.47. The number of aliphatic hydroxyl groups excluding tert-OH is 3. The van der Waals surface area contributed by atoms with Gasteiger partial charge in [0.05, 0.1) is 19.8 Å². The Morgan fingerprint density at radius 3 is 1.84 bits per heavy atom. The van der Waals surface area contributed by atoms with Crippen LogP contribution in [0.25, 0.3) is 0 Å². The van der Waals surface area contributed by atoms with Gasteiger partial charge in [0, 0.05) is 30.6 Å². The van der Waals surface area contributed by atoms with E-state index in [1.54, 1.807) is 0 Å². The van der Waals surface area contributed by atoms with E-state index in [-0.39, 0.29) is 17.2 Å². The SMILES string of the molecule is Cc1cn([C@H]2C[C@H](OP(=O)(O)OC[C@H]3O[C@@H](n4ccc(N)nc4=O)[C@H](O)[C@@H]3O)[C@@H](COP(=O)(O)O[C@H]3[C@@H](O)[C@H](n4ccc(N)nc4=O)O[C@@H]3COP(=O)(O)O)O2)c(=O)[nH]c1=O. The molecule has 2 unspecified atom stereocenters. The predicted molar refractivity (Wildman–Crippen MR) is 196 cm³/mol. The number of rotatable bonds is 16. The highest BCUT2D eigenvalue weighted by Gasteiger charge is 2.51. The van der Waals surface area contributed by atoms with Crippen LogP contribution in [-0.2, 0) is 50.5 Å². The van der Waals surface area contributed by atoms with Crippen LogP contribution in [0.5, 0.6) is 0 Å². The third-order valence-corrected chi connectivity index (χ3v) is 11.8. The molecule has 33 heteroatoms. The second-order valence-electron chi connectivity index (χ2n) is 13.6. The number of hydrogen-bond acceptors (Lipinski definition) is 22. The maximum atomic E-state index is 13.4. The normalized spacial score (nSPS) is 31.2. The lowest BCUT2D eigenvalue weighted by Gasteiger charge is -2.25. The van der Waals surface area contributed by atoms with Gasteiger partial charge in [0.15, 0.2) is 12.5 Å². The molecule has 3 aromatic rings.